The van der Waals surface area contributed by atoms with Crippen LogP contribution in [0.1, 0.15) is 10.5 Å². The molecule has 0 radical (unpaired) electrons. The van der Waals surface area contributed by atoms with Gasteiger partial charge in [-0.3, -0.25) is 10.1 Å². The normalized spacial score (nSPS) is 9.21. The first-order valence-electron chi connectivity index (χ1n) is 3.81. The van der Waals surface area contributed by atoms with E-state index in [4.69, 9.17) is 5.11 Å². The lowest BCUT2D eigenvalue weighted by atomic mass is 10.3. The van der Waals surface area contributed by atoms with Crippen LogP contribution < -0.4 is 10.6 Å². The second-order valence-electron chi connectivity index (χ2n) is 2.44. The van der Waals surface area contributed by atoms with E-state index in [1.54, 1.807) is 0 Å². The molecule has 0 aliphatic rings. The number of nitrogens with zero attached hydrogens (tertiary/aromatic N) is 1. The molecule has 0 spiro atoms. The van der Waals surface area contributed by atoms with Gasteiger partial charge in [0.05, 0.1) is 11.9 Å². The maximum Gasteiger partial charge on any atom is 0.409 e. The fourth-order valence-electron chi connectivity index (χ4n) is 0.854. The van der Waals surface area contributed by atoms with E-state index in [1.165, 1.54) is 25.4 Å². The van der Waals surface area contributed by atoms with Crippen LogP contribution in [0.25, 0.3) is 0 Å². The average Bonchev–Trinajstić information content (AvgIpc) is 2.17. The van der Waals surface area contributed by atoms with Crippen molar-refractivity contribution in [3.8, 4) is 0 Å². The Hall–Kier alpha value is -2.11. The Kier molecular flexibility index (Phi) is 3.01. The number of pyridine rings is 1. The Bertz CT molecular complexity index is 347. The number of carboxylic acid groups (broad SMARTS) is 1. The number of carbonyl (C=O) groups is 2. The van der Waals surface area contributed by atoms with Gasteiger partial charge in [-0.05, 0) is 12.1 Å². The number of nitrogens with one attached hydrogen (secondary N) is 2. The Balaban J connectivity index is 2.78. The van der Waals surface area contributed by atoms with E-state index >= 15 is 0 Å². The van der Waals surface area contributed by atoms with Crippen LogP contribution in [0.5, 0.6) is 0 Å². The minimum absolute atomic E-state index is 0.239. The van der Waals surface area contributed by atoms with E-state index in [0.717, 1.165) is 0 Å². The summed E-state index contributed by atoms with van der Waals surface area (Å²) in [5, 5.41) is 12.9. The molecule has 2 amide bonds. The fraction of sp³-hybridized carbons (Fsp3) is 0.125. The molecule has 0 saturated carbocycles. The smallest absolute Gasteiger partial charge is 0.409 e. The topological polar surface area (TPSA) is 91.3 Å². The zero-order valence-corrected chi connectivity index (χ0v) is 7.44. The third-order valence-electron chi connectivity index (χ3n) is 1.47. The lowest BCUT2D eigenvalue weighted by Gasteiger charge is -2.01. The third kappa shape index (κ3) is 2.44. The van der Waals surface area contributed by atoms with Gasteiger partial charge in [0.15, 0.2) is 0 Å². The minimum Gasteiger partial charge on any atom is -0.465 e. The highest BCUT2D eigenvalue weighted by Crippen LogP contribution is 2.05. The molecule has 0 aromatic carbocycles. The summed E-state index contributed by atoms with van der Waals surface area (Å²) in [5.41, 5.74) is 0.564. The maximum atomic E-state index is 11.0. The molecule has 1 heterocycles. The van der Waals surface area contributed by atoms with Crippen molar-refractivity contribution in [1.82, 2.24) is 10.3 Å². The Morgan fingerprint density at radius 1 is 1.43 bits per heavy atom. The van der Waals surface area contributed by atoms with Crippen molar-refractivity contribution in [2.45, 2.75) is 0 Å². The first kappa shape index (κ1) is 9.97. The monoisotopic (exact) mass is 195 g/mol. The summed E-state index contributed by atoms with van der Waals surface area (Å²) < 4.78 is 0. The van der Waals surface area contributed by atoms with Crippen LogP contribution in [0, 0.1) is 0 Å². The Labute approximate surface area is 80.0 Å². The lowest BCUT2D eigenvalue weighted by Crippen LogP contribution is -2.19. The van der Waals surface area contributed by atoms with Crippen LogP contribution in [0.15, 0.2) is 18.3 Å². The molecule has 3 N–H and O–H groups in total. The molecule has 0 saturated heterocycles. The van der Waals surface area contributed by atoms with Crippen molar-refractivity contribution in [3.63, 3.8) is 0 Å². The van der Waals surface area contributed by atoms with Gasteiger partial charge in [0, 0.05) is 7.05 Å². The summed E-state index contributed by atoms with van der Waals surface area (Å²) in [6, 6.07) is 2.90. The molecule has 0 aliphatic heterocycles. The number of hydrogen-bond acceptors (Lipinski definition) is 3. The van der Waals surface area contributed by atoms with E-state index in [1.807, 2.05) is 0 Å². The number of aromatic nitrogens is 1. The molecule has 0 aliphatic carbocycles. The molecule has 0 unspecified atom stereocenters. The van der Waals surface area contributed by atoms with Crippen LogP contribution in [-0.4, -0.2) is 29.1 Å². The van der Waals surface area contributed by atoms with E-state index < -0.39 is 6.09 Å². The van der Waals surface area contributed by atoms with Gasteiger partial charge in [0.2, 0.25) is 0 Å². The summed E-state index contributed by atoms with van der Waals surface area (Å²) in [4.78, 5) is 25.0. The predicted octanol–water partition coefficient (Wildman–Crippen LogP) is 0.531. The Morgan fingerprint density at radius 2 is 2.14 bits per heavy atom. The molecule has 1 aromatic rings. The van der Waals surface area contributed by atoms with Crippen molar-refractivity contribution in [2.75, 3.05) is 12.4 Å². The summed E-state index contributed by atoms with van der Waals surface area (Å²) >= 11 is 0. The van der Waals surface area contributed by atoms with Crippen LogP contribution in [0.3, 0.4) is 0 Å². The van der Waals surface area contributed by atoms with Gasteiger partial charge in [-0.2, -0.15) is 0 Å². The molecule has 0 atom stereocenters. The van der Waals surface area contributed by atoms with Gasteiger partial charge in [0.25, 0.3) is 5.91 Å². The van der Waals surface area contributed by atoms with Crippen LogP contribution >= 0.6 is 0 Å². The minimum atomic E-state index is -1.17. The van der Waals surface area contributed by atoms with Crippen molar-refractivity contribution >= 4 is 17.7 Å². The van der Waals surface area contributed by atoms with Crippen LogP contribution in [0.4, 0.5) is 10.5 Å². The molecule has 6 nitrogen and oxygen atoms in total. The molecular weight excluding hydrogens is 186 g/mol. The molecule has 1 rings (SSSR count). The molecule has 6 heteroatoms. The SMILES string of the molecule is CNC(=O)c1ccc(NC(=O)O)cn1. The second-order valence-corrected chi connectivity index (χ2v) is 2.44. The second kappa shape index (κ2) is 4.22. The quantitative estimate of drug-likeness (QED) is 0.641. The van der Waals surface area contributed by atoms with Crippen molar-refractivity contribution < 1.29 is 14.7 Å². The first-order chi connectivity index (χ1) is 6.63. The highest BCUT2D eigenvalue weighted by atomic mass is 16.4. The van der Waals surface area contributed by atoms with E-state index in [9.17, 15) is 9.59 Å². The van der Waals surface area contributed by atoms with Gasteiger partial charge >= 0.3 is 6.09 Å². The average molecular weight is 195 g/mol. The largest absolute Gasteiger partial charge is 0.465 e. The first-order valence-corrected chi connectivity index (χ1v) is 3.81. The molecule has 1 aromatic heterocycles. The zero-order chi connectivity index (χ0) is 10.6. The van der Waals surface area contributed by atoms with Gasteiger partial charge in [0.1, 0.15) is 5.69 Å². The summed E-state index contributed by atoms with van der Waals surface area (Å²) in [5.74, 6) is -0.313. The van der Waals surface area contributed by atoms with Gasteiger partial charge in [-0.15, -0.1) is 0 Å². The van der Waals surface area contributed by atoms with Crippen molar-refractivity contribution in [3.05, 3.63) is 24.0 Å². The lowest BCUT2D eigenvalue weighted by molar-refractivity contribution is 0.0958. The predicted molar refractivity (Wildman–Crippen MR) is 49.3 cm³/mol. The number of rotatable bonds is 2. The van der Waals surface area contributed by atoms with Crippen LogP contribution in [0.2, 0.25) is 0 Å². The maximum absolute atomic E-state index is 11.0. The highest BCUT2D eigenvalue weighted by molar-refractivity contribution is 5.92. The van der Waals surface area contributed by atoms with Gasteiger partial charge < -0.3 is 10.4 Å². The standard InChI is InChI=1S/C8H9N3O3/c1-9-7(12)6-3-2-5(4-10-6)11-8(13)14/h2-4,11H,1H3,(H,9,12)(H,13,14). The summed E-state index contributed by atoms with van der Waals surface area (Å²) in [6.45, 7) is 0. The molecule has 0 bridgehead atoms. The summed E-state index contributed by atoms with van der Waals surface area (Å²) in [7, 11) is 1.49. The van der Waals surface area contributed by atoms with Gasteiger partial charge in [-0.1, -0.05) is 0 Å². The number of carbonyl (C=O) groups excluding carboxylic acids is 1. The fourth-order valence-corrected chi connectivity index (χ4v) is 0.854. The number of amides is 2. The number of hydrogen-bond donors (Lipinski definition) is 3. The van der Waals surface area contributed by atoms with E-state index in [0.29, 0.717) is 5.69 Å². The zero-order valence-electron chi connectivity index (χ0n) is 7.44. The Morgan fingerprint density at radius 3 is 2.57 bits per heavy atom. The van der Waals surface area contributed by atoms with E-state index in [-0.39, 0.29) is 11.6 Å². The third-order valence-corrected chi connectivity index (χ3v) is 1.47. The highest BCUT2D eigenvalue weighted by Gasteiger charge is 2.04. The molecule has 74 valence electrons. The van der Waals surface area contributed by atoms with Crippen LogP contribution in [-0.2, 0) is 0 Å². The van der Waals surface area contributed by atoms with E-state index in [2.05, 4.69) is 15.6 Å². The molecular formula is C8H9N3O3. The molecule has 0 fully saturated rings. The van der Waals surface area contributed by atoms with Crippen molar-refractivity contribution in [2.24, 2.45) is 0 Å². The van der Waals surface area contributed by atoms with Crippen molar-refractivity contribution in [1.29, 1.82) is 0 Å². The molecule has 14 heavy (non-hydrogen) atoms. The number of anilines is 1. The van der Waals surface area contributed by atoms with Gasteiger partial charge in [-0.25, -0.2) is 9.78 Å². The summed E-state index contributed by atoms with van der Waals surface area (Å²) in [6.07, 6.45) is 0.109.